The maximum Gasteiger partial charge on any atom is 0.407 e. The number of carbonyl (C=O) groups is 4. The van der Waals surface area contributed by atoms with Crippen LogP contribution in [0.15, 0.2) is 0 Å². The van der Waals surface area contributed by atoms with Crippen molar-refractivity contribution in [2.75, 3.05) is 0 Å². The first-order valence-electron chi connectivity index (χ1n) is 12.3. The first-order chi connectivity index (χ1) is 15.7. The molecule has 0 aromatic carbocycles. The Morgan fingerprint density at radius 3 is 1.06 bits per heavy atom. The lowest BCUT2D eigenvalue weighted by atomic mass is 9.89. The standard InChI is InChI=1S/C24H42N4O6/c1-23(2,3)33-21(31)27-17-13-9-7-11-15(17)25-19(29)20(30)26-16-12-8-10-14-18(16)28-22(32)34-24(4,5)6/h15-18H,7-14H2,1-6H3,(H,25,29)(H,26,30)(H,27,31)(H,28,32). The van der Waals surface area contributed by atoms with Gasteiger partial charge in [0.05, 0.1) is 12.1 Å². The van der Waals surface area contributed by atoms with E-state index in [1.165, 1.54) is 0 Å². The average Bonchev–Trinajstić information content (AvgIpc) is 2.68. The summed E-state index contributed by atoms with van der Waals surface area (Å²) in [5.74, 6) is -1.49. The Morgan fingerprint density at radius 2 is 0.794 bits per heavy atom. The lowest BCUT2D eigenvalue weighted by Gasteiger charge is -2.34. The van der Waals surface area contributed by atoms with E-state index in [2.05, 4.69) is 21.3 Å². The molecule has 0 spiro atoms. The first kappa shape index (κ1) is 27.7. The predicted molar refractivity (Wildman–Crippen MR) is 127 cm³/mol. The molecule has 0 aromatic heterocycles. The van der Waals surface area contributed by atoms with E-state index in [1.807, 2.05) is 0 Å². The van der Waals surface area contributed by atoms with Gasteiger partial charge in [-0.2, -0.15) is 0 Å². The SMILES string of the molecule is CC(C)(C)OC(=O)NC1CCCCC1NC(=O)C(=O)NC1CCCCC1NC(=O)OC(C)(C)C. The third-order valence-electron chi connectivity index (χ3n) is 5.78. The zero-order chi connectivity index (χ0) is 25.5. The molecule has 194 valence electrons. The van der Waals surface area contributed by atoms with Gasteiger partial charge in [0.15, 0.2) is 0 Å². The monoisotopic (exact) mass is 482 g/mol. The molecule has 0 bridgehead atoms. The van der Waals surface area contributed by atoms with Crippen LogP contribution in [0.3, 0.4) is 0 Å². The van der Waals surface area contributed by atoms with Gasteiger partial charge in [-0.25, -0.2) is 9.59 Å². The Bertz CT molecular complexity index is 681. The molecular weight excluding hydrogens is 440 g/mol. The summed E-state index contributed by atoms with van der Waals surface area (Å²) >= 11 is 0. The van der Waals surface area contributed by atoms with Crippen molar-refractivity contribution in [3.8, 4) is 0 Å². The van der Waals surface area contributed by atoms with Crippen LogP contribution in [-0.2, 0) is 19.1 Å². The molecule has 2 fully saturated rings. The van der Waals surface area contributed by atoms with E-state index in [-0.39, 0.29) is 24.2 Å². The smallest absolute Gasteiger partial charge is 0.407 e. The molecule has 2 aliphatic carbocycles. The fraction of sp³-hybridized carbons (Fsp3) is 0.833. The Hall–Kier alpha value is -2.52. The van der Waals surface area contributed by atoms with Gasteiger partial charge in [0.2, 0.25) is 0 Å². The normalized spacial score (nSPS) is 25.5. The fourth-order valence-corrected chi connectivity index (χ4v) is 4.34. The minimum absolute atomic E-state index is 0.309. The van der Waals surface area contributed by atoms with Gasteiger partial charge in [-0.15, -0.1) is 0 Å². The minimum atomic E-state index is -0.746. The number of carbonyl (C=O) groups excluding carboxylic acids is 4. The van der Waals surface area contributed by atoms with Crippen LogP contribution in [0, 0.1) is 0 Å². The Kier molecular flexibility index (Phi) is 9.58. The second-order valence-corrected chi connectivity index (χ2v) is 11.2. The Balaban J connectivity index is 1.92. The topological polar surface area (TPSA) is 135 Å². The molecule has 4 unspecified atom stereocenters. The van der Waals surface area contributed by atoms with Gasteiger partial charge >= 0.3 is 24.0 Å². The van der Waals surface area contributed by atoms with E-state index < -0.39 is 35.2 Å². The fourth-order valence-electron chi connectivity index (χ4n) is 4.34. The molecule has 2 saturated carbocycles. The molecule has 0 heterocycles. The van der Waals surface area contributed by atoms with Crippen molar-refractivity contribution in [1.82, 2.24) is 21.3 Å². The highest BCUT2D eigenvalue weighted by Crippen LogP contribution is 2.21. The number of nitrogens with one attached hydrogen (secondary N) is 4. The quantitative estimate of drug-likeness (QED) is 0.455. The zero-order valence-electron chi connectivity index (χ0n) is 21.4. The molecule has 4 atom stereocenters. The molecule has 0 radical (unpaired) electrons. The van der Waals surface area contributed by atoms with Crippen molar-refractivity contribution in [1.29, 1.82) is 0 Å². The van der Waals surface area contributed by atoms with Gasteiger partial charge in [-0.05, 0) is 67.2 Å². The van der Waals surface area contributed by atoms with E-state index in [0.717, 1.165) is 25.7 Å². The molecule has 0 aliphatic heterocycles. The van der Waals surface area contributed by atoms with Gasteiger partial charge in [-0.1, -0.05) is 25.7 Å². The third kappa shape index (κ3) is 9.77. The van der Waals surface area contributed by atoms with Crippen LogP contribution in [0.2, 0.25) is 0 Å². The number of hydrogen-bond acceptors (Lipinski definition) is 6. The van der Waals surface area contributed by atoms with Crippen LogP contribution in [0.5, 0.6) is 0 Å². The number of alkyl carbamates (subject to hydrolysis) is 2. The second kappa shape index (κ2) is 11.8. The minimum Gasteiger partial charge on any atom is -0.444 e. The van der Waals surface area contributed by atoms with Crippen LogP contribution < -0.4 is 21.3 Å². The second-order valence-electron chi connectivity index (χ2n) is 11.2. The van der Waals surface area contributed by atoms with Gasteiger partial charge in [0.1, 0.15) is 11.2 Å². The zero-order valence-corrected chi connectivity index (χ0v) is 21.4. The van der Waals surface area contributed by atoms with E-state index in [9.17, 15) is 19.2 Å². The molecule has 10 heteroatoms. The number of rotatable bonds is 4. The molecule has 4 amide bonds. The molecule has 2 rings (SSSR count). The maximum absolute atomic E-state index is 12.7. The lowest BCUT2D eigenvalue weighted by Crippen LogP contribution is -2.59. The summed E-state index contributed by atoms with van der Waals surface area (Å²) in [5.41, 5.74) is -1.25. The molecule has 10 nitrogen and oxygen atoms in total. The van der Waals surface area contributed by atoms with Gasteiger partial charge in [0.25, 0.3) is 0 Å². The van der Waals surface area contributed by atoms with Crippen LogP contribution in [-0.4, -0.2) is 59.4 Å². The van der Waals surface area contributed by atoms with E-state index in [0.29, 0.717) is 25.7 Å². The van der Waals surface area contributed by atoms with Gasteiger partial charge < -0.3 is 30.7 Å². The number of ether oxygens (including phenoxy) is 2. The van der Waals surface area contributed by atoms with Crippen molar-refractivity contribution >= 4 is 24.0 Å². The summed E-state index contributed by atoms with van der Waals surface area (Å²) in [7, 11) is 0. The molecule has 0 aromatic rings. The Morgan fingerprint density at radius 1 is 0.529 bits per heavy atom. The highest BCUT2D eigenvalue weighted by Gasteiger charge is 2.34. The van der Waals surface area contributed by atoms with Crippen LogP contribution >= 0.6 is 0 Å². The van der Waals surface area contributed by atoms with E-state index in [4.69, 9.17) is 9.47 Å². The van der Waals surface area contributed by atoms with E-state index in [1.54, 1.807) is 41.5 Å². The number of amides is 4. The van der Waals surface area contributed by atoms with Crippen molar-refractivity contribution in [2.45, 2.75) is 128 Å². The average molecular weight is 483 g/mol. The molecule has 2 aliphatic rings. The largest absolute Gasteiger partial charge is 0.444 e. The molecule has 4 N–H and O–H groups in total. The summed E-state index contributed by atoms with van der Waals surface area (Å²) in [6, 6.07) is -1.34. The van der Waals surface area contributed by atoms with Gasteiger partial charge in [0, 0.05) is 12.1 Å². The van der Waals surface area contributed by atoms with Gasteiger partial charge in [-0.3, -0.25) is 9.59 Å². The predicted octanol–water partition coefficient (Wildman–Crippen LogP) is 2.89. The van der Waals surface area contributed by atoms with E-state index >= 15 is 0 Å². The maximum atomic E-state index is 12.7. The first-order valence-corrected chi connectivity index (χ1v) is 12.3. The number of hydrogen-bond donors (Lipinski definition) is 4. The van der Waals surface area contributed by atoms with Crippen molar-refractivity contribution < 1.29 is 28.7 Å². The van der Waals surface area contributed by atoms with Crippen LogP contribution in [0.25, 0.3) is 0 Å². The Labute approximate surface area is 202 Å². The molecule has 34 heavy (non-hydrogen) atoms. The highest BCUT2D eigenvalue weighted by atomic mass is 16.6. The lowest BCUT2D eigenvalue weighted by molar-refractivity contribution is -0.140. The van der Waals surface area contributed by atoms with Crippen molar-refractivity contribution in [3.05, 3.63) is 0 Å². The summed E-state index contributed by atoms with van der Waals surface area (Å²) in [6.45, 7) is 10.7. The molecular formula is C24H42N4O6. The van der Waals surface area contributed by atoms with Crippen LogP contribution in [0.1, 0.15) is 92.9 Å². The summed E-state index contributed by atoms with van der Waals surface area (Å²) in [5, 5.41) is 11.2. The van der Waals surface area contributed by atoms with Crippen molar-refractivity contribution in [2.24, 2.45) is 0 Å². The molecule has 0 saturated heterocycles. The summed E-state index contributed by atoms with van der Waals surface area (Å²) in [4.78, 5) is 49.8. The third-order valence-corrected chi connectivity index (χ3v) is 5.78. The van der Waals surface area contributed by atoms with Crippen molar-refractivity contribution in [3.63, 3.8) is 0 Å². The summed E-state index contributed by atoms with van der Waals surface area (Å²) in [6.07, 6.45) is 5.23. The van der Waals surface area contributed by atoms with Crippen LogP contribution in [0.4, 0.5) is 9.59 Å². The summed E-state index contributed by atoms with van der Waals surface area (Å²) < 4.78 is 10.7. The highest BCUT2D eigenvalue weighted by molar-refractivity contribution is 6.35.